The standard InChI is InChI=1S/C19H23ClN4O/c1-14-22-17(12-18(23-14)24-10-4-2-3-5-11-24)19(25)21-13-15-6-8-16(20)9-7-15/h6-9,12H,2-5,10-11,13H2,1H3,(H,21,25). The van der Waals surface area contributed by atoms with Gasteiger partial charge in [0.2, 0.25) is 0 Å². The molecule has 1 N–H and O–H groups in total. The highest BCUT2D eigenvalue weighted by atomic mass is 35.5. The average molecular weight is 359 g/mol. The first-order chi connectivity index (χ1) is 12.1. The lowest BCUT2D eigenvalue weighted by Gasteiger charge is -2.22. The summed E-state index contributed by atoms with van der Waals surface area (Å²) in [5.74, 6) is 1.29. The third-order valence-electron chi connectivity index (χ3n) is 4.35. The highest BCUT2D eigenvalue weighted by Crippen LogP contribution is 2.18. The van der Waals surface area contributed by atoms with Crippen LogP contribution in [0.4, 0.5) is 5.82 Å². The Balaban J connectivity index is 1.70. The number of amides is 1. The summed E-state index contributed by atoms with van der Waals surface area (Å²) in [5, 5.41) is 3.60. The normalized spacial score (nSPS) is 14.9. The van der Waals surface area contributed by atoms with E-state index in [0.717, 1.165) is 24.5 Å². The van der Waals surface area contributed by atoms with Crippen molar-refractivity contribution in [2.75, 3.05) is 18.0 Å². The molecule has 3 rings (SSSR count). The van der Waals surface area contributed by atoms with Gasteiger partial charge in [-0.05, 0) is 37.5 Å². The second-order valence-electron chi connectivity index (χ2n) is 6.37. The molecule has 0 atom stereocenters. The molecule has 1 aliphatic heterocycles. The van der Waals surface area contributed by atoms with Crippen LogP contribution in [0.15, 0.2) is 30.3 Å². The van der Waals surface area contributed by atoms with E-state index in [1.54, 1.807) is 6.07 Å². The zero-order valence-electron chi connectivity index (χ0n) is 14.5. The highest BCUT2D eigenvalue weighted by molar-refractivity contribution is 6.30. The topological polar surface area (TPSA) is 58.1 Å². The summed E-state index contributed by atoms with van der Waals surface area (Å²) < 4.78 is 0. The Labute approximate surface area is 153 Å². The third-order valence-corrected chi connectivity index (χ3v) is 4.61. The minimum absolute atomic E-state index is 0.184. The lowest BCUT2D eigenvalue weighted by atomic mass is 10.2. The van der Waals surface area contributed by atoms with Gasteiger partial charge in [0.15, 0.2) is 0 Å². The summed E-state index contributed by atoms with van der Waals surface area (Å²) in [6.45, 7) is 4.25. The van der Waals surface area contributed by atoms with Crippen LogP contribution in [0.3, 0.4) is 0 Å². The van der Waals surface area contributed by atoms with Crippen LogP contribution in [0.5, 0.6) is 0 Å². The van der Waals surface area contributed by atoms with Crippen LogP contribution < -0.4 is 10.2 Å². The fraction of sp³-hybridized carbons (Fsp3) is 0.421. The van der Waals surface area contributed by atoms with Crippen molar-refractivity contribution in [3.05, 3.63) is 52.4 Å². The number of rotatable bonds is 4. The van der Waals surface area contributed by atoms with E-state index < -0.39 is 0 Å². The number of halogens is 1. The van der Waals surface area contributed by atoms with Crippen LogP contribution in [0.2, 0.25) is 5.02 Å². The molecular formula is C19H23ClN4O. The number of hydrogen-bond donors (Lipinski definition) is 1. The molecule has 0 spiro atoms. The van der Waals surface area contributed by atoms with Gasteiger partial charge in [0.25, 0.3) is 5.91 Å². The molecule has 1 amide bonds. The molecular weight excluding hydrogens is 336 g/mol. The van der Waals surface area contributed by atoms with Crippen LogP contribution in [0, 0.1) is 6.92 Å². The summed E-state index contributed by atoms with van der Waals surface area (Å²) >= 11 is 5.88. The number of aryl methyl sites for hydroxylation is 1. The maximum Gasteiger partial charge on any atom is 0.270 e. The molecule has 6 heteroatoms. The van der Waals surface area contributed by atoms with E-state index in [1.165, 1.54) is 25.7 Å². The van der Waals surface area contributed by atoms with Gasteiger partial charge in [-0.2, -0.15) is 0 Å². The smallest absolute Gasteiger partial charge is 0.270 e. The van der Waals surface area contributed by atoms with Crippen molar-refractivity contribution in [2.24, 2.45) is 0 Å². The first kappa shape index (κ1) is 17.7. The molecule has 0 radical (unpaired) electrons. The molecule has 1 aromatic heterocycles. The second kappa shape index (κ2) is 8.30. The van der Waals surface area contributed by atoms with Crippen molar-refractivity contribution < 1.29 is 4.79 Å². The van der Waals surface area contributed by atoms with Gasteiger partial charge < -0.3 is 10.2 Å². The van der Waals surface area contributed by atoms with Crippen molar-refractivity contribution in [1.29, 1.82) is 0 Å². The molecule has 2 heterocycles. The van der Waals surface area contributed by atoms with E-state index in [4.69, 9.17) is 11.6 Å². The quantitative estimate of drug-likeness (QED) is 0.904. The summed E-state index contributed by atoms with van der Waals surface area (Å²) in [5.41, 5.74) is 1.41. The molecule has 1 saturated heterocycles. The van der Waals surface area contributed by atoms with E-state index in [-0.39, 0.29) is 5.91 Å². The van der Waals surface area contributed by atoms with Gasteiger partial charge in [0.1, 0.15) is 17.3 Å². The predicted molar refractivity (Wildman–Crippen MR) is 100 cm³/mol. The first-order valence-electron chi connectivity index (χ1n) is 8.75. The summed E-state index contributed by atoms with van der Waals surface area (Å²) in [6, 6.07) is 9.23. The predicted octanol–water partition coefficient (Wildman–Crippen LogP) is 3.75. The minimum Gasteiger partial charge on any atom is -0.356 e. The van der Waals surface area contributed by atoms with Crippen molar-refractivity contribution in [3.8, 4) is 0 Å². The van der Waals surface area contributed by atoms with Crippen LogP contribution in [0.25, 0.3) is 0 Å². The van der Waals surface area contributed by atoms with Gasteiger partial charge in [0.05, 0.1) is 0 Å². The number of aromatic nitrogens is 2. The van der Waals surface area contributed by atoms with Crippen LogP contribution in [0.1, 0.15) is 47.6 Å². The van der Waals surface area contributed by atoms with Crippen molar-refractivity contribution in [1.82, 2.24) is 15.3 Å². The molecule has 0 saturated carbocycles. The maximum absolute atomic E-state index is 12.5. The monoisotopic (exact) mass is 358 g/mol. The van der Waals surface area contributed by atoms with Crippen LogP contribution in [-0.2, 0) is 6.54 Å². The Bertz CT molecular complexity index is 725. The number of benzene rings is 1. The SMILES string of the molecule is Cc1nc(C(=O)NCc2ccc(Cl)cc2)cc(N2CCCCCC2)n1. The second-order valence-corrected chi connectivity index (χ2v) is 6.81. The van der Waals surface area contributed by atoms with Crippen molar-refractivity contribution in [2.45, 2.75) is 39.2 Å². The van der Waals surface area contributed by atoms with Gasteiger partial charge in [-0.3, -0.25) is 4.79 Å². The molecule has 1 aromatic carbocycles. The van der Waals surface area contributed by atoms with Gasteiger partial charge >= 0.3 is 0 Å². The van der Waals surface area contributed by atoms with E-state index >= 15 is 0 Å². The Morgan fingerprint density at radius 1 is 1.12 bits per heavy atom. The molecule has 25 heavy (non-hydrogen) atoms. The number of carbonyl (C=O) groups is 1. The summed E-state index contributed by atoms with van der Waals surface area (Å²) in [6.07, 6.45) is 4.85. The minimum atomic E-state index is -0.184. The van der Waals surface area contributed by atoms with Gasteiger partial charge in [-0.1, -0.05) is 36.6 Å². The zero-order chi connectivity index (χ0) is 17.6. The third kappa shape index (κ3) is 4.92. The van der Waals surface area contributed by atoms with Gasteiger partial charge in [0, 0.05) is 30.7 Å². The molecule has 0 unspecified atom stereocenters. The largest absolute Gasteiger partial charge is 0.356 e. The number of hydrogen-bond acceptors (Lipinski definition) is 4. The van der Waals surface area contributed by atoms with Crippen molar-refractivity contribution >= 4 is 23.3 Å². The lowest BCUT2D eigenvalue weighted by molar-refractivity contribution is 0.0945. The van der Waals surface area contributed by atoms with E-state index in [1.807, 2.05) is 31.2 Å². The molecule has 132 valence electrons. The van der Waals surface area contributed by atoms with E-state index in [2.05, 4.69) is 20.2 Å². The first-order valence-corrected chi connectivity index (χ1v) is 9.13. The Hall–Kier alpha value is -2.14. The van der Waals surface area contributed by atoms with Gasteiger partial charge in [-0.15, -0.1) is 0 Å². The Morgan fingerprint density at radius 3 is 2.48 bits per heavy atom. The highest BCUT2D eigenvalue weighted by Gasteiger charge is 2.16. The van der Waals surface area contributed by atoms with Crippen LogP contribution in [-0.4, -0.2) is 29.0 Å². The van der Waals surface area contributed by atoms with Crippen LogP contribution >= 0.6 is 11.6 Å². The van der Waals surface area contributed by atoms with E-state index in [9.17, 15) is 4.79 Å². The molecule has 1 fully saturated rings. The van der Waals surface area contributed by atoms with E-state index in [0.29, 0.717) is 23.1 Å². The molecule has 0 bridgehead atoms. The molecule has 1 aliphatic rings. The van der Waals surface area contributed by atoms with Crippen molar-refractivity contribution in [3.63, 3.8) is 0 Å². The number of nitrogens with zero attached hydrogens (tertiary/aromatic N) is 3. The number of anilines is 1. The summed E-state index contributed by atoms with van der Waals surface area (Å²) in [4.78, 5) is 23.6. The Morgan fingerprint density at radius 2 is 1.80 bits per heavy atom. The Kier molecular flexibility index (Phi) is 5.87. The summed E-state index contributed by atoms with van der Waals surface area (Å²) in [7, 11) is 0. The maximum atomic E-state index is 12.5. The fourth-order valence-corrected chi connectivity index (χ4v) is 3.13. The zero-order valence-corrected chi connectivity index (χ0v) is 15.2. The molecule has 0 aliphatic carbocycles. The lowest BCUT2D eigenvalue weighted by Crippen LogP contribution is -2.28. The molecule has 2 aromatic rings. The number of nitrogens with one attached hydrogen (secondary N) is 1. The fourth-order valence-electron chi connectivity index (χ4n) is 3.01. The van der Waals surface area contributed by atoms with Gasteiger partial charge in [-0.25, -0.2) is 9.97 Å². The number of carbonyl (C=O) groups excluding carboxylic acids is 1. The molecule has 5 nitrogen and oxygen atoms in total. The average Bonchev–Trinajstić information content (AvgIpc) is 2.90.